The molecule has 3 amide bonds. The van der Waals surface area contributed by atoms with Gasteiger partial charge in [0.25, 0.3) is 5.91 Å². The molecule has 0 atom stereocenters. The van der Waals surface area contributed by atoms with Gasteiger partial charge in [0, 0.05) is 18.5 Å². The van der Waals surface area contributed by atoms with Gasteiger partial charge in [-0.1, -0.05) is 45.0 Å². The summed E-state index contributed by atoms with van der Waals surface area (Å²) < 4.78 is 6.24. The number of amides is 3. The Morgan fingerprint density at radius 3 is 2.17 bits per heavy atom. The van der Waals surface area contributed by atoms with Crippen LogP contribution in [0.25, 0.3) is 0 Å². The van der Waals surface area contributed by atoms with Crippen LogP contribution in [0.15, 0.2) is 53.0 Å². The van der Waals surface area contributed by atoms with Crippen LogP contribution in [0.4, 0.5) is 5.69 Å². The second kappa shape index (κ2) is 10.8. The van der Waals surface area contributed by atoms with E-state index in [-0.39, 0.29) is 30.8 Å². The van der Waals surface area contributed by atoms with Gasteiger partial charge in [-0.25, -0.2) is 0 Å². The molecular formula is C22H26BrN3O4. The molecule has 0 spiro atoms. The topological polar surface area (TPSA) is 96.5 Å². The summed E-state index contributed by atoms with van der Waals surface area (Å²) >= 11 is 3.45. The molecule has 30 heavy (non-hydrogen) atoms. The van der Waals surface area contributed by atoms with E-state index in [1.165, 1.54) is 0 Å². The Balaban J connectivity index is 1.69. The second-order valence-corrected chi connectivity index (χ2v) is 8.55. The number of carbonyl (C=O) groups is 3. The first-order valence-electron chi connectivity index (χ1n) is 9.50. The predicted octanol–water partition coefficient (Wildman–Crippen LogP) is 3.69. The zero-order valence-corrected chi connectivity index (χ0v) is 18.8. The molecule has 0 heterocycles. The van der Waals surface area contributed by atoms with E-state index < -0.39 is 11.8 Å². The molecule has 7 nitrogen and oxygen atoms in total. The number of benzene rings is 2. The first kappa shape index (κ1) is 23.4. The largest absolute Gasteiger partial charge is 0.483 e. The molecule has 2 rings (SSSR count). The van der Waals surface area contributed by atoms with Crippen LogP contribution in [0.3, 0.4) is 0 Å². The smallest absolute Gasteiger partial charge is 0.276 e. The number of halogens is 1. The van der Waals surface area contributed by atoms with Gasteiger partial charge in [-0.3, -0.25) is 25.2 Å². The van der Waals surface area contributed by atoms with E-state index in [0.29, 0.717) is 11.4 Å². The summed E-state index contributed by atoms with van der Waals surface area (Å²) in [6, 6.07) is 14.7. The van der Waals surface area contributed by atoms with Gasteiger partial charge in [-0.05, 0) is 51.2 Å². The molecule has 0 aliphatic carbocycles. The molecule has 0 saturated carbocycles. The lowest BCUT2D eigenvalue weighted by atomic mass is 9.87. The number of rotatable bonds is 7. The van der Waals surface area contributed by atoms with E-state index in [4.69, 9.17) is 4.74 Å². The number of anilines is 1. The molecule has 3 N–H and O–H groups in total. The predicted molar refractivity (Wildman–Crippen MR) is 119 cm³/mol. The van der Waals surface area contributed by atoms with Crippen molar-refractivity contribution in [3.05, 3.63) is 58.6 Å². The Kier molecular flexibility index (Phi) is 8.41. The zero-order valence-electron chi connectivity index (χ0n) is 17.3. The van der Waals surface area contributed by atoms with Crippen LogP contribution >= 0.6 is 15.9 Å². The summed E-state index contributed by atoms with van der Waals surface area (Å²) in [5.74, 6) is -0.734. The summed E-state index contributed by atoms with van der Waals surface area (Å²) in [6.45, 7) is 6.06. The number of ether oxygens (including phenoxy) is 1. The lowest BCUT2D eigenvalue weighted by Crippen LogP contribution is -2.44. The fourth-order valence-electron chi connectivity index (χ4n) is 2.44. The summed E-state index contributed by atoms with van der Waals surface area (Å²) in [5, 5.41) is 2.69. The number of hydrazine groups is 1. The third kappa shape index (κ3) is 7.87. The molecule has 0 aliphatic rings. The molecule has 8 heteroatoms. The van der Waals surface area contributed by atoms with Crippen LogP contribution in [0, 0.1) is 0 Å². The van der Waals surface area contributed by atoms with Crippen LogP contribution in [0.5, 0.6) is 5.75 Å². The highest BCUT2D eigenvalue weighted by atomic mass is 79.9. The Hall–Kier alpha value is -2.87. The normalized spacial score (nSPS) is 10.8. The van der Waals surface area contributed by atoms with Crippen molar-refractivity contribution in [2.75, 3.05) is 11.9 Å². The summed E-state index contributed by atoms with van der Waals surface area (Å²) in [5.41, 5.74) is 6.34. The maximum atomic E-state index is 11.9. The summed E-state index contributed by atoms with van der Waals surface area (Å²) in [6.07, 6.45) is -0.0558. The molecule has 0 bridgehead atoms. The zero-order chi connectivity index (χ0) is 22.1. The van der Waals surface area contributed by atoms with E-state index in [1.807, 2.05) is 18.2 Å². The average Bonchev–Trinajstić information content (AvgIpc) is 2.69. The Morgan fingerprint density at radius 2 is 1.53 bits per heavy atom. The molecule has 0 aliphatic heterocycles. The van der Waals surface area contributed by atoms with E-state index in [2.05, 4.69) is 52.9 Å². The fraction of sp³-hybridized carbons (Fsp3) is 0.318. The van der Waals surface area contributed by atoms with Gasteiger partial charge < -0.3 is 10.1 Å². The van der Waals surface area contributed by atoms with Crippen LogP contribution in [-0.2, 0) is 19.8 Å². The molecular weight excluding hydrogens is 450 g/mol. The van der Waals surface area contributed by atoms with E-state index in [0.717, 1.165) is 10.0 Å². The van der Waals surface area contributed by atoms with Crippen molar-refractivity contribution in [1.82, 2.24) is 10.9 Å². The number of hydrogen-bond donors (Lipinski definition) is 3. The lowest BCUT2D eigenvalue weighted by molar-refractivity contribution is -0.130. The van der Waals surface area contributed by atoms with Gasteiger partial charge in [-0.2, -0.15) is 0 Å². The number of nitrogens with one attached hydrogen (secondary N) is 3. The first-order valence-corrected chi connectivity index (χ1v) is 10.3. The molecule has 0 radical (unpaired) electrons. The number of para-hydroxylation sites is 1. The van der Waals surface area contributed by atoms with E-state index in [9.17, 15) is 14.4 Å². The molecule has 0 saturated heterocycles. The molecule has 2 aromatic carbocycles. The van der Waals surface area contributed by atoms with Gasteiger partial charge in [0.2, 0.25) is 11.8 Å². The minimum Gasteiger partial charge on any atom is -0.483 e. The van der Waals surface area contributed by atoms with Crippen molar-refractivity contribution in [1.29, 1.82) is 0 Å². The van der Waals surface area contributed by atoms with Crippen LogP contribution in [0.1, 0.15) is 39.2 Å². The fourth-order valence-corrected chi connectivity index (χ4v) is 2.93. The Morgan fingerprint density at radius 1 is 0.900 bits per heavy atom. The summed E-state index contributed by atoms with van der Waals surface area (Å²) in [7, 11) is 0. The first-order chi connectivity index (χ1) is 14.1. The van der Waals surface area contributed by atoms with Gasteiger partial charge in [0.1, 0.15) is 5.75 Å². The Bertz CT molecular complexity index is 895. The average molecular weight is 476 g/mol. The van der Waals surface area contributed by atoms with E-state index >= 15 is 0 Å². The molecule has 2 aromatic rings. The highest BCUT2D eigenvalue weighted by Crippen LogP contribution is 2.31. The number of carbonyl (C=O) groups excluding carboxylic acids is 3. The monoisotopic (exact) mass is 475 g/mol. The minimum atomic E-state index is -0.510. The standard InChI is InChI=1S/C22H26BrN3O4/c1-22(2,3)15-9-10-18(17(23)13-15)30-14-21(29)26-25-20(28)12-11-19(27)24-16-7-5-4-6-8-16/h4-10,13H,11-12,14H2,1-3H3,(H,24,27)(H,25,28)(H,26,29). The highest BCUT2D eigenvalue weighted by molar-refractivity contribution is 9.10. The molecule has 0 unspecified atom stereocenters. The maximum absolute atomic E-state index is 11.9. The third-order valence-corrected chi connectivity index (χ3v) is 4.75. The minimum absolute atomic E-state index is 0.000169. The van der Waals surface area contributed by atoms with Crippen molar-refractivity contribution in [3.63, 3.8) is 0 Å². The second-order valence-electron chi connectivity index (χ2n) is 7.69. The van der Waals surface area contributed by atoms with E-state index in [1.54, 1.807) is 30.3 Å². The Labute approximate surface area is 184 Å². The third-order valence-electron chi connectivity index (χ3n) is 4.13. The van der Waals surface area contributed by atoms with Gasteiger partial charge in [-0.15, -0.1) is 0 Å². The van der Waals surface area contributed by atoms with Crippen molar-refractivity contribution < 1.29 is 19.1 Å². The van der Waals surface area contributed by atoms with Gasteiger partial charge in [0.15, 0.2) is 6.61 Å². The maximum Gasteiger partial charge on any atom is 0.276 e. The van der Waals surface area contributed by atoms with Gasteiger partial charge >= 0.3 is 0 Å². The van der Waals surface area contributed by atoms with Crippen molar-refractivity contribution in [3.8, 4) is 5.75 Å². The number of hydrogen-bond acceptors (Lipinski definition) is 4. The van der Waals surface area contributed by atoms with Crippen molar-refractivity contribution in [2.24, 2.45) is 0 Å². The van der Waals surface area contributed by atoms with Crippen LogP contribution < -0.4 is 20.9 Å². The van der Waals surface area contributed by atoms with Crippen molar-refractivity contribution >= 4 is 39.3 Å². The van der Waals surface area contributed by atoms with Crippen LogP contribution in [0.2, 0.25) is 0 Å². The molecule has 0 fully saturated rings. The highest BCUT2D eigenvalue weighted by Gasteiger charge is 2.16. The van der Waals surface area contributed by atoms with Gasteiger partial charge in [0.05, 0.1) is 4.47 Å². The quantitative estimate of drug-likeness (QED) is 0.531. The summed E-state index contributed by atoms with van der Waals surface area (Å²) in [4.78, 5) is 35.5. The SMILES string of the molecule is CC(C)(C)c1ccc(OCC(=O)NNC(=O)CCC(=O)Nc2ccccc2)c(Br)c1. The van der Waals surface area contributed by atoms with Crippen molar-refractivity contribution in [2.45, 2.75) is 39.0 Å². The van der Waals surface area contributed by atoms with Crippen LogP contribution in [-0.4, -0.2) is 24.3 Å². The molecule has 160 valence electrons. The lowest BCUT2D eigenvalue weighted by Gasteiger charge is -2.20. The molecule has 0 aromatic heterocycles.